The number of carbonyl (C=O) groups is 1. The van der Waals surface area contributed by atoms with Gasteiger partial charge in [0.2, 0.25) is 0 Å². The molecule has 2 aromatic carbocycles. The van der Waals surface area contributed by atoms with Crippen molar-refractivity contribution in [1.29, 1.82) is 0 Å². The Morgan fingerprint density at radius 2 is 1.61 bits per heavy atom. The highest BCUT2D eigenvalue weighted by Crippen LogP contribution is 2.25. The van der Waals surface area contributed by atoms with Gasteiger partial charge in [-0.15, -0.1) is 0 Å². The van der Waals surface area contributed by atoms with Gasteiger partial charge in [0.15, 0.2) is 0 Å². The summed E-state index contributed by atoms with van der Waals surface area (Å²) in [7, 11) is 0. The molecule has 0 spiro atoms. The normalized spacial score (nSPS) is 10.0. The molecule has 0 bridgehead atoms. The molecule has 0 unspecified atom stereocenters. The van der Waals surface area contributed by atoms with Crippen LogP contribution in [0.2, 0.25) is 0 Å². The van der Waals surface area contributed by atoms with E-state index in [0.29, 0.717) is 17.2 Å². The number of ether oxygens (including phenoxy) is 1. The zero-order chi connectivity index (χ0) is 13.1. The van der Waals surface area contributed by atoms with Gasteiger partial charge in [0.25, 0.3) is 0 Å². The lowest BCUT2D eigenvalue weighted by molar-refractivity contribution is 0.0697. The summed E-state index contributed by atoms with van der Waals surface area (Å²) in [5.74, 6) is -0.105. The minimum atomic E-state index is -1.09. The summed E-state index contributed by atoms with van der Waals surface area (Å²) in [6, 6.07) is 11.3. The maximum absolute atomic E-state index is 10.9. The number of benzene rings is 2. The monoisotopic (exact) mass is 244 g/mol. The van der Waals surface area contributed by atoms with E-state index in [1.165, 1.54) is 12.1 Å². The summed E-state index contributed by atoms with van der Waals surface area (Å²) in [4.78, 5) is 10.9. The smallest absolute Gasteiger partial charge is 0.337 e. The number of nitrogens with two attached hydrogens (primary N) is 2. The third kappa shape index (κ3) is 2.52. The van der Waals surface area contributed by atoms with E-state index >= 15 is 0 Å². The predicted molar refractivity (Wildman–Crippen MR) is 68.7 cm³/mol. The molecule has 0 amide bonds. The van der Waals surface area contributed by atoms with Gasteiger partial charge in [-0.2, -0.15) is 0 Å². The molecular formula is C13H12N2O3. The summed E-state index contributed by atoms with van der Waals surface area (Å²) in [5.41, 5.74) is 12.0. The number of anilines is 2. The number of carboxylic acids is 1. The van der Waals surface area contributed by atoms with E-state index in [0.717, 1.165) is 0 Å². The highest BCUT2D eigenvalue weighted by Gasteiger charge is 2.09. The lowest BCUT2D eigenvalue weighted by Gasteiger charge is -2.08. The molecule has 5 heteroatoms. The SMILES string of the molecule is Nc1ccc(Oc2ccc(N)c(C(=O)O)c2)cc1. The summed E-state index contributed by atoms with van der Waals surface area (Å²) in [5, 5.41) is 8.94. The molecule has 0 aliphatic carbocycles. The van der Waals surface area contributed by atoms with Crippen LogP contribution in [0.5, 0.6) is 11.5 Å². The van der Waals surface area contributed by atoms with Gasteiger partial charge < -0.3 is 21.3 Å². The summed E-state index contributed by atoms with van der Waals surface area (Å²) >= 11 is 0. The van der Waals surface area contributed by atoms with Gasteiger partial charge in [0, 0.05) is 11.4 Å². The minimum Gasteiger partial charge on any atom is -0.478 e. The Labute approximate surface area is 104 Å². The van der Waals surface area contributed by atoms with Gasteiger partial charge in [-0.05, 0) is 42.5 Å². The van der Waals surface area contributed by atoms with Crippen LogP contribution in [0, 0.1) is 0 Å². The first-order valence-electron chi connectivity index (χ1n) is 5.22. The molecule has 0 aliphatic heterocycles. The second-order valence-electron chi connectivity index (χ2n) is 3.73. The first-order valence-corrected chi connectivity index (χ1v) is 5.22. The largest absolute Gasteiger partial charge is 0.478 e. The number of hydrogen-bond acceptors (Lipinski definition) is 4. The molecule has 0 heterocycles. The van der Waals surface area contributed by atoms with Crippen LogP contribution in [0.15, 0.2) is 42.5 Å². The molecule has 0 fully saturated rings. The fourth-order valence-corrected chi connectivity index (χ4v) is 1.46. The molecule has 5 nitrogen and oxygen atoms in total. The molecule has 5 N–H and O–H groups in total. The highest BCUT2D eigenvalue weighted by molar-refractivity contribution is 5.94. The van der Waals surface area contributed by atoms with Crippen LogP contribution in [0.25, 0.3) is 0 Å². The van der Waals surface area contributed by atoms with E-state index in [9.17, 15) is 4.79 Å². The van der Waals surface area contributed by atoms with E-state index < -0.39 is 5.97 Å². The van der Waals surface area contributed by atoms with Crippen molar-refractivity contribution in [3.8, 4) is 11.5 Å². The molecule has 0 saturated heterocycles. The standard InChI is InChI=1S/C13H12N2O3/c14-8-1-3-9(4-2-8)18-10-5-6-12(15)11(7-10)13(16)17/h1-7H,14-15H2,(H,16,17). The minimum absolute atomic E-state index is 0.0166. The Bertz CT molecular complexity index is 579. The van der Waals surface area contributed by atoms with E-state index in [1.807, 2.05) is 0 Å². The number of rotatable bonds is 3. The van der Waals surface area contributed by atoms with Crippen LogP contribution in [-0.2, 0) is 0 Å². The third-order valence-corrected chi connectivity index (χ3v) is 2.37. The second kappa shape index (κ2) is 4.67. The van der Waals surface area contributed by atoms with Crippen molar-refractivity contribution in [1.82, 2.24) is 0 Å². The van der Waals surface area contributed by atoms with Crippen molar-refractivity contribution in [2.45, 2.75) is 0 Å². The van der Waals surface area contributed by atoms with Crippen LogP contribution >= 0.6 is 0 Å². The van der Waals surface area contributed by atoms with Crippen molar-refractivity contribution in [3.05, 3.63) is 48.0 Å². The molecule has 0 aliphatic rings. The average molecular weight is 244 g/mol. The molecular weight excluding hydrogens is 232 g/mol. The quantitative estimate of drug-likeness (QED) is 0.720. The first-order chi connectivity index (χ1) is 8.56. The molecule has 0 atom stereocenters. The van der Waals surface area contributed by atoms with Gasteiger partial charge in [-0.25, -0.2) is 4.79 Å². The maximum atomic E-state index is 10.9. The van der Waals surface area contributed by atoms with Crippen molar-refractivity contribution >= 4 is 17.3 Å². The average Bonchev–Trinajstić information content (AvgIpc) is 2.34. The van der Waals surface area contributed by atoms with Crippen molar-refractivity contribution in [2.75, 3.05) is 11.5 Å². The third-order valence-electron chi connectivity index (χ3n) is 2.37. The highest BCUT2D eigenvalue weighted by atomic mass is 16.5. The fourth-order valence-electron chi connectivity index (χ4n) is 1.46. The Balaban J connectivity index is 2.27. The van der Waals surface area contributed by atoms with E-state index in [1.54, 1.807) is 30.3 Å². The van der Waals surface area contributed by atoms with E-state index in [2.05, 4.69) is 0 Å². The molecule has 92 valence electrons. The van der Waals surface area contributed by atoms with Gasteiger partial charge >= 0.3 is 5.97 Å². The van der Waals surface area contributed by atoms with Crippen molar-refractivity contribution in [3.63, 3.8) is 0 Å². The molecule has 18 heavy (non-hydrogen) atoms. The van der Waals surface area contributed by atoms with E-state index in [4.69, 9.17) is 21.3 Å². The van der Waals surface area contributed by atoms with Crippen LogP contribution in [0.4, 0.5) is 11.4 Å². The van der Waals surface area contributed by atoms with Gasteiger partial charge in [-0.1, -0.05) is 0 Å². The summed E-state index contributed by atoms with van der Waals surface area (Å²) < 4.78 is 5.50. The first kappa shape index (κ1) is 11.8. The zero-order valence-electron chi connectivity index (χ0n) is 9.46. The fraction of sp³-hybridized carbons (Fsp3) is 0. The van der Waals surface area contributed by atoms with Gasteiger partial charge in [0.05, 0.1) is 5.56 Å². The number of carboxylic acid groups (broad SMARTS) is 1. The van der Waals surface area contributed by atoms with E-state index in [-0.39, 0.29) is 11.3 Å². The zero-order valence-corrected chi connectivity index (χ0v) is 9.46. The number of nitrogen functional groups attached to an aromatic ring is 2. The Kier molecular flexibility index (Phi) is 3.05. The summed E-state index contributed by atoms with van der Waals surface area (Å²) in [6.07, 6.45) is 0. The maximum Gasteiger partial charge on any atom is 0.337 e. The molecule has 0 saturated carbocycles. The number of hydrogen-bond donors (Lipinski definition) is 3. The van der Waals surface area contributed by atoms with Crippen molar-refractivity contribution < 1.29 is 14.6 Å². The number of aromatic carboxylic acids is 1. The van der Waals surface area contributed by atoms with Crippen LogP contribution < -0.4 is 16.2 Å². The molecule has 0 aromatic heterocycles. The molecule has 0 radical (unpaired) electrons. The lowest BCUT2D eigenvalue weighted by Crippen LogP contribution is -2.02. The van der Waals surface area contributed by atoms with Crippen LogP contribution in [-0.4, -0.2) is 11.1 Å². The van der Waals surface area contributed by atoms with Crippen LogP contribution in [0.3, 0.4) is 0 Å². The Morgan fingerprint density at radius 3 is 2.22 bits per heavy atom. The van der Waals surface area contributed by atoms with Crippen LogP contribution in [0.1, 0.15) is 10.4 Å². The summed E-state index contributed by atoms with van der Waals surface area (Å²) in [6.45, 7) is 0. The lowest BCUT2D eigenvalue weighted by atomic mass is 10.2. The molecule has 2 rings (SSSR count). The Morgan fingerprint density at radius 1 is 1.00 bits per heavy atom. The Hall–Kier alpha value is -2.69. The van der Waals surface area contributed by atoms with Gasteiger partial charge in [0.1, 0.15) is 11.5 Å². The van der Waals surface area contributed by atoms with Crippen molar-refractivity contribution in [2.24, 2.45) is 0 Å². The topological polar surface area (TPSA) is 98.6 Å². The van der Waals surface area contributed by atoms with Gasteiger partial charge in [-0.3, -0.25) is 0 Å². The molecule has 2 aromatic rings. The predicted octanol–water partition coefficient (Wildman–Crippen LogP) is 2.34. The second-order valence-corrected chi connectivity index (χ2v) is 3.73.